The van der Waals surface area contributed by atoms with Crippen LogP contribution in [0.25, 0.3) is 0 Å². The molecule has 9 heteroatoms. The van der Waals surface area contributed by atoms with Crippen molar-refractivity contribution in [2.45, 2.75) is 13.5 Å². The second-order valence-corrected chi connectivity index (χ2v) is 4.30. The lowest BCUT2D eigenvalue weighted by molar-refractivity contribution is -0.142. The Kier molecular flexibility index (Phi) is 6.72. The Morgan fingerprint density at radius 3 is 2.42 bits per heavy atom. The van der Waals surface area contributed by atoms with Crippen molar-refractivity contribution in [2.24, 2.45) is 0 Å². The molecule has 0 aliphatic carbocycles. The number of hydrogen-bond donors (Lipinski definition) is 1. The van der Waals surface area contributed by atoms with E-state index in [1.165, 1.54) is 7.11 Å². The minimum absolute atomic E-state index is 0.347. The number of aromatic carboxylic acids is 1. The van der Waals surface area contributed by atoms with Gasteiger partial charge in [0.15, 0.2) is 0 Å². The van der Waals surface area contributed by atoms with Crippen LogP contribution < -0.4 is 4.74 Å². The van der Waals surface area contributed by atoms with Crippen molar-refractivity contribution in [2.75, 3.05) is 14.2 Å². The smallest absolute Gasteiger partial charge is 0.377 e. The molecule has 0 aliphatic heterocycles. The molecular formula is C15H15FO8. The molecular weight excluding hydrogens is 327 g/mol. The van der Waals surface area contributed by atoms with Gasteiger partial charge >= 0.3 is 17.9 Å². The molecule has 0 heterocycles. The Hall–Kier alpha value is -3.10. The van der Waals surface area contributed by atoms with Gasteiger partial charge in [-0.2, -0.15) is 0 Å². The third-order valence-corrected chi connectivity index (χ3v) is 2.68. The number of hydrogen-bond acceptors (Lipinski definition) is 7. The number of rotatable bonds is 7. The molecule has 130 valence electrons. The fourth-order valence-corrected chi connectivity index (χ4v) is 1.68. The maximum absolute atomic E-state index is 13.9. The van der Waals surface area contributed by atoms with E-state index in [0.29, 0.717) is 0 Å². The van der Waals surface area contributed by atoms with E-state index in [1.807, 2.05) is 0 Å². The van der Waals surface area contributed by atoms with E-state index in [-0.39, 0.29) is 5.75 Å². The highest BCUT2D eigenvalue weighted by Crippen LogP contribution is 2.28. The van der Waals surface area contributed by atoms with Crippen LogP contribution in [0.3, 0.4) is 0 Å². The Labute approximate surface area is 136 Å². The molecule has 1 N–H and O–H groups in total. The first-order chi connectivity index (χ1) is 11.3. The predicted octanol–water partition coefficient (Wildman–Crippen LogP) is 1.63. The summed E-state index contributed by atoms with van der Waals surface area (Å²) in [6, 6.07) is 1.94. The van der Waals surface area contributed by atoms with Gasteiger partial charge in [-0.1, -0.05) is 0 Å². The Morgan fingerprint density at radius 2 is 1.92 bits per heavy atom. The summed E-state index contributed by atoms with van der Waals surface area (Å²) < 4.78 is 32.9. The largest absolute Gasteiger partial charge is 0.500 e. The van der Waals surface area contributed by atoms with Crippen LogP contribution in [0.2, 0.25) is 0 Å². The van der Waals surface area contributed by atoms with Gasteiger partial charge in [0, 0.05) is 12.5 Å². The lowest BCUT2D eigenvalue weighted by Gasteiger charge is -2.14. The van der Waals surface area contributed by atoms with Gasteiger partial charge in [0.2, 0.25) is 5.76 Å². The maximum Gasteiger partial charge on any atom is 0.377 e. The summed E-state index contributed by atoms with van der Waals surface area (Å²) in [5.41, 5.74) is -1.00. The van der Waals surface area contributed by atoms with Crippen LogP contribution in [-0.2, 0) is 30.4 Å². The molecule has 0 atom stereocenters. The van der Waals surface area contributed by atoms with E-state index in [1.54, 1.807) is 0 Å². The average Bonchev–Trinajstić information content (AvgIpc) is 2.53. The zero-order chi connectivity index (χ0) is 18.3. The van der Waals surface area contributed by atoms with Crippen molar-refractivity contribution in [3.05, 3.63) is 41.1 Å². The Morgan fingerprint density at radius 1 is 1.25 bits per heavy atom. The molecule has 0 bridgehead atoms. The van der Waals surface area contributed by atoms with Gasteiger partial charge in [-0.25, -0.2) is 14.0 Å². The minimum atomic E-state index is -1.53. The van der Waals surface area contributed by atoms with Gasteiger partial charge in [-0.05, 0) is 12.1 Å². The quantitative estimate of drug-likeness (QED) is 0.452. The molecule has 1 aromatic carbocycles. The highest BCUT2D eigenvalue weighted by atomic mass is 19.1. The number of benzene rings is 1. The average molecular weight is 342 g/mol. The molecule has 1 aromatic rings. The van der Waals surface area contributed by atoms with Crippen LogP contribution in [0.1, 0.15) is 22.8 Å². The van der Waals surface area contributed by atoms with Crippen molar-refractivity contribution in [3.63, 3.8) is 0 Å². The van der Waals surface area contributed by atoms with E-state index in [0.717, 1.165) is 32.4 Å². The standard InChI is InChI=1S/C15H15FO8/c1-8(17)23-6-9-10(16)4-5-11(13(9)14(18)19)24-12(7-21-2)15(20)22-3/h4-5,7H,6H2,1-3H3,(H,18,19)/b12-7+. The molecule has 0 unspecified atom stereocenters. The Bertz CT molecular complexity index is 680. The van der Waals surface area contributed by atoms with E-state index >= 15 is 0 Å². The fourth-order valence-electron chi connectivity index (χ4n) is 1.68. The number of halogens is 1. The number of carbonyl (C=O) groups is 3. The first-order valence-corrected chi connectivity index (χ1v) is 6.49. The van der Waals surface area contributed by atoms with E-state index in [4.69, 9.17) is 4.74 Å². The van der Waals surface area contributed by atoms with Crippen LogP contribution in [0.4, 0.5) is 4.39 Å². The van der Waals surface area contributed by atoms with Crippen LogP contribution in [0, 0.1) is 5.82 Å². The third-order valence-electron chi connectivity index (χ3n) is 2.68. The van der Waals surface area contributed by atoms with Gasteiger partial charge in [0.25, 0.3) is 0 Å². The number of methoxy groups -OCH3 is 2. The van der Waals surface area contributed by atoms with E-state index < -0.39 is 47.2 Å². The topological polar surface area (TPSA) is 108 Å². The van der Waals surface area contributed by atoms with Crippen LogP contribution >= 0.6 is 0 Å². The normalized spacial score (nSPS) is 10.8. The number of ether oxygens (including phenoxy) is 4. The highest BCUT2D eigenvalue weighted by molar-refractivity contribution is 5.93. The molecule has 0 aromatic heterocycles. The monoisotopic (exact) mass is 342 g/mol. The molecule has 24 heavy (non-hydrogen) atoms. The van der Waals surface area contributed by atoms with Crippen molar-refractivity contribution in [1.29, 1.82) is 0 Å². The van der Waals surface area contributed by atoms with Crippen LogP contribution in [0.5, 0.6) is 5.75 Å². The molecule has 0 amide bonds. The number of carboxylic acid groups (broad SMARTS) is 1. The molecule has 0 spiro atoms. The van der Waals surface area contributed by atoms with Gasteiger partial charge in [-0.15, -0.1) is 0 Å². The third kappa shape index (κ3) is 4.70. The molecule has 0 aliphatic rings. The van der Waals surface area contributed by atoms with Gasteiger partial charge in [0.1, 0.15) is 30.0 Å². The highest BCUT2D eigenvalue weighted by Gasteiger charge is 2.24. The summed E-state index contributed by atoms with van der Waals surface area (Å²) in [6.07, 6.45) is 0.895. The molecule has 1 rings (SSSR count). The molecule has 0 saturated carbocycles. The van der Waals surface area contributed by atoms with Gasteiger partial charge in [0.05, 0.1) is 14.2 Å². The fraction of sp³-hybridized carbons (Fsp3) is 0.267. The summed E-state index contributed by atoms with van der Waals surface area (Å²) in [4.78, 5) is 33.9. The van der Waals surface area contributed by atoms with Crippen molar-refractivity contribution >= 4 is 17.9 Å². The zero-order valence-electron chi connectivity index (χ0n) is 13.1. The Balaban J connectivity index is 3.34. The molecule has 0 saturated heterocycles. The number of carbonyl (C=O) groups excluding carboxylic acids is 2. The first kappa shape index (κ1) is 18.9. The molecule has 0 fully saturated rings. The van der Waals surface area contributed by atoms with E-state index in [9.17, 15) is 23.9 Å². The number of esters is 2. The van der Waals surface area contributed by atoms with E-state index in [2.05, 4.69) is 14.2 Å². The number of carboxylic acids is 1. The van der Waals surface area contributed by atoms with Crippen LogP contribution in [-0.4, -0.2) is 37.2 Å². The second-order valence-electron chi connectivity index (χ2n) is 4.30. The predicted molar refractivity (Wildman–Crippen MR) is 76.6 cm³/mol. The summed E-state index contributed by atoms with van der Waals surface area (Å²) in [5.74, 6) is -4.89. The summed E-state index contributed by atoms with van der Waals surface area (Å²) in [7, 11) is 2.32. The molecule has 8 nitrogen and oxygen atoms in total. The lowest BCUT2D eigenvalue weighted by atomic mass is 10.1. The SMILES string of the molecule is CO/C=C(/Oc1ccc(F)c(COC(C)=O)c1C(=O)O)C(=O)OC. The lowest BCUT2D eigenvalue weighted by Crippen LogP contribution is -2.15. The zero-order valence-corrected chi connectivity index (χ0v) is 13.1. The van der Waals surface area contributed by atoms with Crippen LogP contribution in [0.15, 0.2) is 24.2 Å². The summed E-state index contributed by atoms with van der Waals surface area (Å²) >= 11 is 0. The summed E-state index contributed by atoms with van der Waals surface area (Å²) in [6.45, 7) is 0.483. The van der Waals surface area contributed by atoms with Crippen molar-refractivity contribution < 1.29 is 42.8 Å². The minimum Gasteiger partial charge on any atom is -0.500 e. The maximum atomic E-state index is 13.9. The second kappa shape index (κ2) is 8.51. The van der Waals surface area contributed by atoms with Crippen molar-refractivity contribution in [1.82, 2.24) is 0 Å². The van der Waals surface area contributed by atoms with Gasteiger partial charge in [-0.3, -0.25) is 4.79 Å². The van der Waals surface area contributed by atoms with Gasteiger partial charge < -0.3 is 24.1 Å². The molecule has 0 radical (unpaired) electrons. The first-order valence-electron chi connectivity index (χ1n) is 6.49. The van der Waals surface area contributed by atoms with Crippen molar-refractivity contribution in [3.8, 4) is 5.75 Å². The summed E-state index contributed by atoms with van der Waals surface area (Å²) in [5, 5.41) is 9.32.